The number of alkyl halides is 6. The minimum absolute atomic E-state index is 0.258. The van der Waals surface area contributed by atoms with E-state index in [1.807, 2.05) is 84.9 Å². The molecule has 0 amide bonds. The summed E-state index contributed by atoms with van der Waals surface area (Å²) in [4.78, 5) is 1.58. The predicted octanol–water partition coefficient (Wildman–Crippen LogP) is 14.3. The molecule has 4 aromatic heterocycles. The number of aryl methyl sites for hydroxylation is 2. The van der Waals surface area contributed by atoms with Crippen LogP contribution in [0.4, 0.5) is 26.3 Å². The molecule has 0 bridgehead atoms. The molecule has 244 valence electrons. The number of benzene rings is 4. The first kappa shape index (κ1) is 31.1. The van der Waals surface area contributed by atoms with E-state index < -0.39 is 28.9 Å². The molecule has 0 fully saturated rings. The summed E-state index contributed by atoms with van der Waals surface area (Å²) in [5, 5.41) is 4.04. The Morgan fingerprint density at radius 2 is 0.816 bits per heavy atom. The van der Waals surface area contributed by atoms with Gasteiger partial charge in [0.1, 0.15) is 0 Å². The van der Waals surface area contributed by atoms with Crippen LogP contribution in [0.15, 0.2) is 97.1 Å². The van der Waals surface area contributed by atoms with Crippen LogP contribution in [0.2, 0.25) is 0 Å². The van der Waals surface area contributed by atoms with Gasteiger partial charge >= 0.3 is 17.8 Å². The Bertz CT molecular complexity index is 2500. The lowest BCUT2D eigenvalue weighted by atomic mass is 9.94. The topological polar surface area (TPSA) is 0 Å². The van der Waals surface area contributed by atoms with Gasteiger partial charge in [-0.15, -0.1) is 45.3 Å². The molecule has 0 aliphatic heterocycles. The molecular weight excluding hydrogens is 711 g/mol. The van der Waals surface area contributed by atoms with Gasteiger partial charge in [0.05, 0.1) is 0 Å². The van der Waals surface area contributed by atoms with Gasteiger partial charge in [0.15, 0.2) is 0 Å². The first-order chi connectivity index (χ1) is 23.4. The van der Waals surface area contributed by atoms with E-state index in [4.69, 9.17) is 0 Å². The van der Waals surface area contributed by atoms with Gasteiger partial charge in [-0.05, 0) is 84.6 Å². The van der Waals surface area contributed by atoms with E-state index in [1.54, 1.807) is 22.7 Å². The van der Waals surface area contributed by atoms with Gasteiger partial charge in [0.2, 0.25) is 0 Å². The van der Waals surface area contributed by atoms with E-state index in [1.165, 1.54) is 26.0 Å². The van der Waals surface area contributed by atoms with Crippen molar-refractivity contribution in [2.24, 2.45) is 0 Å². The number of thiophene rings is 4. The summed E-state index contributed by atoms with van der Waals surface area (Å²) < 4.78 is 98.6. The van der Waals surface area contributed by atoms with Gasteiger partial charge in [0, 0.05) is 71.0 Å². The lowest BCUT2D eigenvalue weighted by molar-refractivity contribution is -0.254. The van der Waals surface area contributed by atoms with Crippen LogP contribution in [0.1, 0.15) is 20.9 Å². The van der Waals surface area contributed by atoms with Crippen LogP contribution >= 0.6 is 45.3 Å². The molecule has 4 heterocycles. The number of fused-ring (bicyclic) bond motifs is 6. The van der Waals surface area contributed by atoms with E-state index >= 15 is 26.3 Å². The van der Waals surface area contributed by atoms with Crippen LogP contribution in [-0.2, 0) is 0 Å². The van der Waals surface area contributed by atoms with Crippen molar-refractivity contribution in [3.63, 3.8) is 0 Å². The number of hydrogen-bond donors (Lipinski definition) is 0. The first-order valence-electron chi connectivity index (χ1n) is 15.3. The average Bonchev–Trinajstić information content (AvgIpc) is 3.86. The van der Waals surface area contributed by atoms with Crippen molar-refractivity contribution in [1.29, 1.82) is 0 Å². The highest BCUT2D eigenvalue weighted by Crippen LogP contribution is 2.66. The highest BCUT2D eigenvalue weighted by Gasteiger charge is 2.80. The maximum atomic E-state index is 15.9. The molecule has 0 unspecified atom stereocenters. The Morgan fingerprint density at radius 3 is 1.24 bits per heavy atom. The summed E-state index contributed by atoms with van der Waals surface area (Å²) in [6.07, 6.45) is 0. The number of hydrogen-bond acceptors (Lipinski definition) is 4. The predicted molar refractivity (Wildman–Crippen MR) is 196 cm³/mol. The number of rotatable bonds is 4. The zero-order valence-corrected chi connectivity index (χ0v) is 28.9. The third-order valence-electron chi connectivity index (χ3n) is 9.36. The lowest BCUT2D eigenvalue weighted by Crippen LogP contribution is -2.48. The van der Waals surface area contributed by atoms with Crippen LogP contribution in [0, 0.1) is 13.8 Å². The van der Waals surface area contributed by atoms with Crippen LogP contribution in [-0.4, -0.2) is 17.8 Å². The zero-order chi connectivity index (χ0) is 34.0. The van der Waals surface area contributed by atoms with E-state index in [9.17, 15) is 0 Å². The van der Waals surface area contributed by atoms with Crippen molar-refractivity contribution in [3.05, 3.63) is 118 Å². The largest absolute Gasteiger partial charge is 0.380 e. The van der Waals surface area contributed by atoms with Crippen molar-refractivity contribution < 1.29 is 26.3 Å². The second kappa shape index (κ2) is 10.5. The van der Waals surface area contributed by atoms with Crippen molar-refractivity contribution in [1.82, 2.24) is 0 Å². The second-order valence-electron chi connectivity index (χ2n) is 12.3. The number of allylic oxidation sites excluding steroid dienone is 2. The van der Waals surface area contributed by atoms with Gasteiger partial charge < -0.3 is 0 Å². The summed E-state index contributed by atoms with van der Waals surface area (Å²) in [6, 6.07) is 30.0. The molecule has 0 saturated carbocycles. The highest BCUT2D eigenvalue weighted by molar-refractivity contribution is 7.26. The van der Waals surface area contributed by atoms with Crippen molar-refractivity contribution in [2.45, 2.75) is 31.6 Å². The summed E-state index contributed by atoms with van der Waals surface area (Å²) in [7, 11) is 0. The van der Waals surface area contributed by atoms with Gasteiger partial charge in [-0.25, -0.2) is 0 Å². The van der Waals surface area contributed by atoms with Gasteiger partial charge in [0.25, 0.3) is 0 Å². The SMILES string of the molecule is Cc1sc(-c2ccc3sc4ccccc4c3c2)cc1C1=C(c2cc(-c3ccc4sc5ccccc5c4c3)sc2C)C(F)(F)C(F)(F)C1(F)F. The van der Waals surface area contributed by atoms with Crippen LogP contribution in [0.5, 0.6) is 0 Å². The minimum atomic E-state index is -5.63. The monoisotopic (exact) mass is 732 g/mol. The fourth-order valence-corrected chi connectivity index (χ4v) is 11.2. The molecule has 1 aliphatic carbocycles. The van der Waals surface area contributed by atoms with E-state index in [0.717, 1.165) is 63.0 Å². The van der Waals surface area contributed by atoms with E-state index in [-0.39, 0.29) is 20.9 Å². The van der Waals surface area contributed by atoms with E-state index in [0.29, 0.717) is 20.9 Å². The van der Waals surface area contributed by atoms with Crippen LogP contribution in [0.25, 0.3) is 72.4 Å². The van der Waals surface area contributed by atoms with Crippen LogP contribution < -0.4 is 0 Å². The molecule has 1 aliphatic rings. The summed E-state index contributed by atoms with van der Waals surface area (Å²) in [5.74, 6) is -15.9. The molecule has 10 heteroatoms. The fourth-order valence-electron chi connectivity index (χ4n) is 6.94. The normalized spacial score (nSPS) is 17.0. The Labute approximate surface area is 292 Å². The third-order valence-corrected chi connectivity index (χ3v) is 13.9. The maximum Gasteiger partial charge on any atom is 0.380 e. The zero-order valence-electron chi connectivity index (χ0n) is 25.6. The molecular formula is C39H22F6S4. The first-order valence-corrected chi connectivity index (χ1v) is 18.6. The highest BCUT2D eigenvalue weighted by atomic mass is 32.1. The third kappa shape index (κ3) is 4.33. The summed E-state index contributed by atoms with van der Waals surface area (Å²) >= 11 is 5.51. The Balaban J connectivity index is 1.22. The van der Waals surface area contributed by atoms with Crippen LogP contribution in [0.3, 0.4) is 0 Å². The minimum Gasteiger partial charge on any atom is -0.194 e. The second-order valence-corrected chi connectivity index (χ2v) is 16.9. The maximum absolute atomic E-state index is 15.9. The number of halogens is 6. The lowest BCUT2D eigenvalue weighted by Gasteiger charge is -2.25. The van der Waals surface area contributed by atoms with Gasteiger partial charge in [-0.3, -0.25) is 0 Å². The Kier molecular flexibility index (Phi) is 6.67. The molecule has 0 spiro atoms. The quantitative estimate of drug-likeness (QED) is 0.158. The van der Waals surface area contributed by atoms with Crippen molar-refractivity contribution >= 4 is 96.8 Å². The molecule has 0 radical (unpaired) electrons. The molecule has 8 aromatic rings. The standard InChI is InChI=1S/C39H22F6S4/c1-19-25(17-33(46-19)21-11-13-31-27(15-21)23-7-3-5-9-29(23)48-31)35-36(38(42,43)39(44,45)37(35,40)41)26-18-34(47-20(26)2)22-12-14-32-28(16-22)24-8-4-6-10-30(24)49-32/h3-18H,1-2H3. The average molecular weight is 733 g/mol. The molecule has 4 aromatic carbocycles. The molecule has 0 saturated heterocycles. The van der Waals surface area contributed by atoms with Gasteiger partial charge in [-0.1, -0.05) is 48.5 Å². The molecule has 0 nitrogen and oxygen atoms in total. The Morgan fingerprint density at radius 1 is 0.429 bits per heavy atom. The molecule has 0 N–H and O–H groups in total. The smallest absolute Gasteiger partial charge is 0.194 e. The molecule has 49 heavy (non-hydrogen) atoms. The fraction of sp³-hybridized carbons (Fsp3) is 0.128. The summed E-state index contributed by atoms with van der Waals surface area (Å²) in [6.45, 7) is 3.03. The summed E-state index contributed by atoms with van der Waals surface area (Å²) in [5.41, 5.74) is -1.80. The van der Waals surface area contributed by atoms with Crippen molar-refractivity contribution in [2.75, 3.05) is 0 Å². The van der Waals surface area contributed by atoms with E-state index in [2.05, 4.69) is 0 Å². The Hall–Kier alpha value is -3.96. The molecule has 9 rings (SSSR count). The molecule has 0 atom stereocenters. The van der Waals surface area contributed by atoms with Crippen molar-refractivity contribution in [3.8, 4) is 20.9 Å². The van der Waals surface area contributed by atoms with Gasteiger partial charge in [-0.2, -0.15) is 26.3 Å².